The summed E-state index contributed by atoms with van der Waals surface area (Å²) in [5.74, 6) is -0.465. The lowest BCUT2D eigenvalue weighted by Gasteiger charge is -2.04. The molecule has 96 valence electrons. The van der Waals surface area contributed by atoms with Gasteiger partial charge in [-0.05, 0) is 28.1 Å². The molecular formula is C10H10BrN3O3S. The molecule has 8 heteroatoms. The highest BCUT2D eigenvalue weighted by molar-refractivity contribution is 9.10. The number of aromatic nitrogens is 1. The van der Waals surface area contributed by atoms with E-state index in [1.165, 1.54) is 6.07 Å². The molecule has 0 unspecified atom stereocenters. The van der Waals surface area contributed by atoms with Crippen LogP contribution in [0, 0.1) is 11.3 Å². The Bertz CT molecular complexity index is 607. The lowest BCUT2D eigenvalue weighted by Crippen LogP contribution is -2.17. The molecule has 0 saturated heterocycles. The van der Waals surface area contributed by atoms with E-state index in [0.29, 0.717) is 4.47 Å². The molecule has 0 aliphatic rings. The van der Waals surface area contributed by atoms with Crippen LogP contribution in [0.3, 0.4) is 0 Å². The maximum absolute atomic E-state index is 11.4. The summed E-state index contributed by atoms with van der Waals surface area (Å²) >= 11 is 3.14. The number of hydrogen-bond acceptors (Lipinski definition) is 5. The number of pyridine rings is 1. The van der Waals surface area contributed by atoms with E-state index in [0.717, 1.165) is 6.26 Å². The molecular weight excluding hydrogens is 322 g/mol. The number of nitriles is 1. The number of nitrogens with zero attached hydrogens (tertiary/aromatic N) is 2. The molecule has 0 saturated carbocycles. The van der Waals surface area contributed by atoms with Crippen LogP contribution < -0.4 is 5.32 Å². The lowest BCUT2D eigenvalue weighted by molar-refractivity contribution is -0.115. The summed E-state index contributed by atoms with van der Waals surface area (Å²) in [4.78, 5) is 15.3. The topological polar surface area (TPSA) is 99.9 Å². The zero-order valence-corrected chi connectivity index (χ0v) is 11.9. The Hall–Kier alpha value is -1.46. The molecule has 1 aromatic rings. The first-order valence-electron chi connectivity index (χ1n) is 4.86. The fourth-order valence-corrected chi connectivity index (χ4v) is 1.94. The summed E-state index contributed by atoms with van der Waals surface area (Å²) < 4.78 is 22.3. The monoisotopic (exact) mass is 331 g/mol. The van der Waals surface area contributed by atoms with Crippen molar-refractivity contribution < 1.29 is 13.2 Å². The van der Waals surface area contributed by atoms with Crippen LogP contribution in [-0.2, 0) is 14.6 Å². The van der Waals surface area contributed by atoms with Gasteiger partial charge in [0.25, 0.3) is 0 Å². The summed E-state index contributed by atoms with van der Waals surface area (Å²) in [6.45, 7) is 0. The van der Waals surface area contributed by atoms with Crippen LogP contribution in [0.5, 0.6) is 0 Å². The fraction of sp³-hybridized carbons (Fsp3) is 0.300. The molecule has 1 rings (SSSR count). The maximum atomic E-state index is 11.4. The van der Waals surface area contributed by atoms with Gasteiger partial charge >= 0.3 is 0 Å². The predicted octanol–water partition coefficient (Wildman–Crippen LogP) is 1.09. The van der Waals surface area contributed by atoms with Gasteiger partial charge in [-0.15, -0.1) is 0 Å². The molecule has 6 nitrogen and oxygen atoms in total. The highest BCUT2D eigenvalue weighted by Crippen LogP contribution is 2.16. The SMILES string of the molecule is CS(=O)(=O)CCC(=O)Nc1ccc(Br)c(C#N)n1. The quantitative estimate of drug-likeness (QED) is 0.890. The molecule has 1 N–H and O–H groups in total. The number of amides is 1. The Balaban J connectivity index is 2.69. The predicted molar refractivity (Wildman–Crippen MR) is 69.6 cm³/mol. The van der Waals surface area contributed by atoms with Gasteiger partial charge in [0.2, 0.25) is 5.91 Å². The van der Waals surface area contributed by atoms with E-state index in [1.54, 1.807) is 6.07 Å². The highest BCUT2D eigenvalue weighted by Gasteiger charge is 2.10. The minimum Gasteiger partial charge on any atom is -0.311 e. The number of carbonyl (C=O) groups excluding carboxylic acids is 1. The van der Waals surface area contributed by atoms with E-state index >= 15 is 0 Å². The smallest absolute Gasteiger partial charge is 0.226 e. The number of sulfone groups is 1. The van der Waals surface area contributed by atoms with E-state index in [9.17, 15) is 13.2 Å². The number of hydrogen-bond donors (Lipinski definition) is 1. The second kappa shape index (κ2) is 5.93. The number of carbonyl (C=O) groups is 1. The Morgan fingerprint density at radius 1 is 1.56 bits per heavy atom. The maximum Gasteiger partial charge on any atom is 0.226 e. The van der Waals surface area contributed by atoms with E-state index in [-0.39, 0.29) is 23.7 Å². The van der Waals surface area contributed by atoms with Crippen LogP contribution >= 0.6 is 15.9 Å². The molecule has 0 aliphatic heterocycles. The number of anilines is 1. The standard InChI is InChI=1S/C10H10BrN3O3S/c1-18(16,17)5-4-10(15)14-9-3-2-7(11)8(6-12)13-9/h2-3H,4-5H2,1H3,(H,13,14,15). The molecule has 0 radical (unpaired) electrons. The van der Waals surface area contributed by atoms with Gasteiger partial charge < -0.3 is 5.32 Å². The molecule has 0 bridgehead atoms. The van der Waals surface area contributed by atoms with Crippen LogP contribution in [0.25, 0.3) is 0 Å². The van der Waals surface area contributed by atoms with Crippen molar-refractivity contribution in [1.82, 2.24) is 4.98 Å². The van der Waals surface area contributed by atoms with Gasteiger partial charge in [0.1, 0.15) is 21.7 Å². The number of halogens is 1. The first-order valence-corrected chi connectivity index (χ1v) is 7.71. The van der Waals surface area contributed by atoms with Gasteiger partial charge in [0.15, 0.2) is 5.69 Å². The van der Waals surface area contributed by atoms with Gasteiger partial charge in [-0.1, -0.05) is 0 Å². The van der Waals surface area contributed by atoms with Crippen LogP contribution in [0.2, 0.25) is 0 Å². The third-order valence-electron chi connectivity index (χ3n) is 1.92. The lowest BCUT2D eigenvalue weighted by atomic mass is 10.3. The molecule has 1 heterocycles. The van der Waals surface area contributed by atoms with Crippen molar-refractivity contribution in [3.63, 3.8) is 0 Å². The first kappa shape index (κ1) is 14.6. The third-order valence-corrected chi connectivity index (χ3v) is 3.50. The molecule has 0 spiro atoms. The number of rotatable bonds is 4. The van der Waals surface area contributed by atoms with Gasteiger partial charge in [-0.3, -0.25) is 4.79 Å². The van der Waals surface area contributed by atoms with Crippen molar-refractivity contribution in [1.29, 1.82) is 5.26 Å². The van der Waals surface area contributed by atoms with Crippen LogP contribution in [-0.4, -0.2) is 31.3 Å². The molecule has 0 fully saturated rings. The van der Waals surface area contributed by atoms with Gasteiger partial charge in [0.05, 0.1) is 10.2 Å². The van der Waals surface area contributed by atoms with Crippen molar-refractivity contribution in [3.8, 4) is 6.07 Å². The van der Waals surface area contributed by atoms with E-state index in [4.69, 9.17) is 5.26 Å². The average Bonchev–Trinajstić information content (AvgIpc) is 2.28. The fourth-order valence-electron chi connectivity index (χ4n) is 1.07. The first-order chi connectivity index (χ1) is 8.31. The molecule has 0 atom stereocenters. The molecule has 1 aromatic heterocycles. The van der Waals surface area contributed by atoms with E-state index in [1.807, 2.05) is 6.07 Å². The summed E-state index contributed by atoms with van der Waals surface area (Å²) in [5, 5.41) is 11.2. The average molecular weight is 332 g/mol. The van der Waals surface area contributed by atoms with E-state index in [2.05, 4.69) is 26.2 Å². The van der Waals surface area contributed by atoms with Crippen LogP contribution in [0.15, 0.2) is 16.6 Å². The summed E-state index contributed by atoms with van der Waals surface area (Å²) in [7, 11) is -3.17. The van der Waals surface area contributed by atoms with Crippen molar-refractivity contribution in [2.24, 2.45) is 0 Å². The second-order valence-electron chi connectivity index (χ2n) is 3.57. The summed E-state index contributed by atoms with van der Waals surface area (Å²) in [6, 6.07) is 4.96. The zero-order chi connectivity index (χ0) is 13.8. The molecule has 1 amide bonds. The van der Waals surface area contributed by atoms with Gasteiger partial charge in [-0.25, -0.2) is 13.4 Å². The third kappa shape index (κ3) is 4.81. The van der Waals surface area contributed by atoms with Crippen molar-refractivity contribution in [3.05, 3.63) is 22.3 Å². The second-order valence-corrected chi connectivity index (χ2v) is 6.68. The largest absolute Gasteiger partial charge is 0.311 e. The van der Waals surface area contributed by atoms with Gasteiger partial charge in [-0.2, -0.15) is 5.26 Å². The highest BCUT2D eigenvalue weighted by atomic mass is 79.9. The molecule has 0 aliphatic carbocycles. The minimum absolute atomic E-state index is 0.140. The Labute approximate surface area is 113 Å². The number of nitrogens with one attached hydrogen (secondary N) is 1. The van der Waals surface area contributed by atoms with Crippen LogP contribution in [0.1, 0.15) is 12.1 Å². The molecule has 0 aromatic carbocycles. The summed E-state index contributed by atoms with van der Waals surface area (Å²) in [6.07, 6.45) is 0.921. The van der Waals surface area contributed by atoms with Crippen molar-refractivity contribution in [2.45, 2.75) is 6.42 Å². The Morgan fingerprint density at radius 2 is 2.22 bits per heavy atom. The minimum atomic E-state index is -3.17. The van der Waals surface area contributed by atoms with E-state index < -0.39 is 15.7 Å². The van der Waals surface area contributed by atoms with Crippen molar-refractivity contribution >= 4 is 37.5 Å². The Kier molecular flexibility index (Phi) is 4.81. The zero-order valence-electron chi connectivity index (χ0n) is 9.47. The normalized spacial score (nSPS) is 10.7. The summed E-state index contributed by atoms with van der Waals surface area (Å²) in [5.41, 5.74) is 0.149. The molecule has 18 heavy (non-hydrogen) atoms. The van der Waals surface area contributed by atoms with Crippen LogP contribution in [0.4, 0.5) is 5.82 Å². The Morgan fingerprint density at radius 3 is 2.78 bits per heavy atom. The van der Waals surface area contributed by atoms with Crippen molar-refractivity contribution in [2.75, 3.05) is 17.3 Å². The van der Waals surface area contributed by atoms with Gasteiger partial charge in [0, 0.05) is 12.7 Å².